The van der Waals surface area contributed by atoms with Crippen LogP contribution in [0.5, 0.6) is 0 Å². The van der Waals surface area contributed by atoms with Gasteiger partial charge in [0.15, 0.2) is 0 Å². The number of methoxy groups -OCH3 is 1. The third kappa shape index (κ3) is 4.57. The van der Waals surface area contributed by atoms with Gasteiger partial charge in [0.05, 0.1) is 7.11 Å². The molecule has 0 amide bonds. The molecular formula is C8H18ClNO2. The molecule has 2 N–H and O–H groups in total. The predicted molar refractivity (Wildman–Crippen MR) is 51.3 cm³/mol. The minimum Gasteiger partial charge on any atom is -0.468 e. The first-order valence-corrected chi connectivity index (χ1v) is 3.77. The normalized spacial score (nSPS) is 14.8. The summed E-state index contributed by atoms with van der Waals surface area (Å²) in [5, 5.41) is 0. The number of rotatable bonds is 3. The van der Waals surface area contributed by atoms with E-state index < -0.39 is 5.54 Å². The van der Waals surface area contributed by atoms with Gasteiger partial charge in [0.25, 0.3) is 0 Å². The van der Waals surface area contributed by atoms with Crippen molar-refractivity contribution >= 4 is 18.4 Å². The van der Waals surface area contributed by atoms with E-state index in [1.807, 2.05) is 13.8 Å². The fourth-order valence-electron chi connectivity index (χ4n) is 1.16. The standard InChI is InChI=1S/C8H17NO2.ClH/c1-6(2)5-8(3,9)7(10)11-4;/h6H,5,9H2,1-4H3;1H/t8-;/m0./s1. The Morgan fingerprint density at radius 1 is 1.58 bits per heavy atom. The summed E-state index contributed by atoms with van der Waals surface area (Å²) >= 11 is 0. The number of ether oxygens (including phenoxy) is 1. The molecule has 0 aliphatic heterocycles. The van der Waals surface area contributed by atoms with Crippen molar-refractivity contribution in [2.45, 2.75) is 32.7 Å². The summed E-state index contributed by atoms with van der Waals surface area (Å²) in [7, 11) is 1.35. The van der Waals surface area contributed by atoms with Gasteiger partial charge in [0.2, 0.25) is 0 Å². The van der Waals surface area contributed by atoms with Crippen LogP contribution in [0.2, 0.25) is 0 Å². The molecule has 0 aromatic heterocycles. The summed E-state index contributed by atoms with van der Waals surface area (Å²) < 4.78 is 4.55. The highest BCUT2D eigenvalue weighted by Gasteiger charge is 2.29. The van der Waals surface area contributed by atoms with Crippen LogP contribution in [0.1, 0.15) is 27.2 Å². The molecular weight excluding hydrogens is 178 g/mol. The van der Waals surface area contributed by atoms with Gasteiger partial charge in [-0.1, -0.05) is 13.8 Å². The van der Waals surface area contributed by atoms with Gasteiger partial charge < -0.3 is 10.5 Å². The summed E-state index contributed by atoms with van der Waals surface area (Å²) in [4.78, 5) is 11.0. The number of carbonyl (C=O) groups is 1. The van der Waals surface area contributed by atoms with Crippen LogP contribution >= 0.6 is 12.4 Å². The van der Waals surface area contributed by atoms with Gasteiger partial charge in [-0.15, -0.1) is 12.4 Å². The number of esters is 1. The average Bonchev–Trinajstić information content (AvgIpc) is 1.83. The van der Waals surface area contributed by atoms with Gasteiger partial charge in [0, 0.05) is 0 Å². The van der Waals surface area contributed by atoms with Crippen molar-refractivity contribution in [3.8, 4) is 0 Å². The van der Waals surface area contributed by atoms with E-state index in [9.17, 15) is 4.79 Å². The topological polar surface area (TPSA) is 52.3 Å². The van der Waals surface area contributed by atoms with E-state index in [0.29, 0.717) is 12.3 Å². The van der Waals surface area contributed by atoms with Crippen molar-refractivity contribution in [1.82, 2.24) is 0 Å². The molecule has 12 heavy (non-hydrogen) atoms. The molecule has 0 saturated carbocycles. The summed E-state index contributed by atoms with van der Waals surface area (Å²) in [6.07, 6.45) is 0.652. The summed E-state index contributed by atoms with van der Waals surface area (Å²) in [6, 6.07) is 0. The Hall–Kier alpha value is -0.280. The molecule has 0 fully saturated rings. The summed E-state index contributed by atoms with van der Waals surface area (Å²) in [5.74, 6) is 0.0651. The first-order chi connectivity index (χ1) is 4.90. The van der Waals surface area contributed by atoms with E-state index in [-0.39, 0.29) is 18.4 Å². The maximum atomic E-state index is 11.0. The van der Waals surface area contributed by atoms with Crippen molar-refractivity contribution in [3.63, 3.8) is 0 Å². The molecule has 0 radical (unpaired) electrons. The smallest absolute Gasteiger partial charge is 0.325 e. The molecule has 0 unspecified atom stereocenters. The molecule has 1 atom stereocenters. The number of nitrogens with two attached hydrogens (primary N) is 1. The largest absolute Gasteiger partial charge is 0.468 e. The van der Waals surface area contributed by atoms with E-state index >= 15 is 0 Å². The van der Waals surface area contributed by atoms with E-state index in [0.717, 1.165) is 0 Å². The SMILES string of the molecule is COC(=O)[C@@](C)(N)CC(C)C.Cl. The Morgan fingerprint density at radius 2 is 2.00 bits per heavy atom. The van der Waals surface area contributed by atoms with Crippen molar-refractivity contribution in [1.29, 1.82) is 0 Å². The van der Waals surface area contributed by atoms with Gasteiger partial charge in [-0.2, -0.15) is 0 Å². The Labute approximate surface area is 80.1 Å². The fourth-order valence-corrected chi connectivity index (χ4v) is 1.16. The van der Waals surface area contributed by atoms with Crippen molar-refractivity contribution < 1.29 is 9.53 Å². The number of hydrogen-bond donors (Lipinski definition) is 1. The monoisotopic (exact) mass is 195 g/mol. The predicted octanol–water partition coefficient (Wildman–Crippen LogP) is 1.34. The van der Waals surface area contributed by atoms with Crippen molar-refractivity contribution in [2.75, 3.05) is 7.11 Å². The molecule has 0 spiro atoms. The van der Waals surface area contributed by atoms with Crippen LogP contribution in [0, 0.1) is 5.92 Å². The highest BCUT2D eigenvalue weighted by atomic mass is 35.5. The first kappa shape index (κ1) is 14.3. The average molecular weight is 196 g/mol. The lowest BCUT2D eigenvalue weighted by atomic mass is 9.92. The van der Waals surface area contributed by atoms with Gasteiger partial charge in [-0.25, -0.2) is 0 Å². The molecule has 0 aromatic carbocycles. The molecule has 0 aromatic rings. The number of halogens is 1. The molecule has 3 nitrogen and oxygen atoms in total. The van der Waals surface area contributed by atoms with Crippen molar-refractivity contribution in [3.05, 3.63) is 0 Å². The Morgan fingerprint density at radius 3 is 2.25 bits per heavy atom. The second kappa shape index (κ2) is 5.38. The van der Waals surface area contributed by atoms with E-state index in [4.69, 9.17) is 5.73 Å². The third-order valence-electron chi connectivity index (χ3n) is 1.48. The van der Waals surface area contributed by atoms with Crippen LogP contribution in [0.4, 0.5) is 0 Å². The fraction of sp³-hybridized carbons (Fsp3) is 0.875. The van der Waals surface area contributed by atoms with Crippen LogP contribution in [0.25, 0.3) is 0 Å². The van der Waals surface area contributed by atoms with Crippen molar-refractivity contribution in [2.24, 2.45) is 11.7 Å². The minimum atomic E-state index is -0.830. The number of hydrogen-bond acceptors (Lipinski definition) is 3. The van der Waals surface area contributed by atoms with Gasteiger partial charge in [-0.3, -0.25) is 4.79 Å². The zero-order chi connectivity index (χ0) is 9.07. The molecule has 74 valence electrons. The van der Waals surface area contributed by atoms with Gasteiger partial charge in [0.1, 0.15) is 5.54 Å². The van der Waals surface area contributed by atoms with Crippen LogP contribution in [0.3, 0.4) is 0 Å². The van der Waals surface area contributed by atoms with Gasteiger partial charge in [-0.05, 0) is 19.3 Å². The second-order valence-corrected chi connectivity index (χ2v) is 3.51. The Balaban J connectivity index is 0. The third-order valence-corrected chi connectivity index (χ3v) is 1.48. The first-order valence-electron chi connectivity index (χ1n) is 3.77. The lowest BCUT2D eigenvalue weighted by molar-refractivity contribution is -0.147. The summed E-state index contributed by atoms with van der Waals surface area (Å²) in [5.41, 5.74) is 4.87. The molecule has 0 aliphatic rings. The number of carbonyl (C=O) groups excluding carboxylic acids is 1. The zero-order valence-corrected chi connectivity index (χ0v) is 8.90. The van der Waals surface area contributed by atoms with Crippen LogP contribution in [-0.2, 0) is 9.53 Å². The molecule has 0 heterocycles. The van der Waals surface area contributed by atoms with Crippen LogP contribution in [0.15, 0.2) is 0 Å². The maximum Gasteiger partial charge on any atom is 0.325 e. The molecule has 4 heteroatoms. The quantitative estimate of drug-likeness (QED) is 0.692. The Bertz CT molecular complexity index is 146. The molecule has 0 bridgehead atoms. The molecule has 0 aliphatic carbocycles. The van der Waals surface area contributed by atoms with Crippen LogP contribution < -0.4 is 5.73 Å². The van der Waals surface area contributed by atoms with Gasteiger partial charge >= 0.3 is 5.97 Å². The molecule has 0 rings (SSSR count). The lowest BCUT2D eigenvalue weighted by Gasteiger charge is -2.22. The van der Waals surface area contributed by atoms with E-state index in [2.05, 4.69) is 4.74 Å². The summed E-state index contributed by atoms with van der Waals surface area (Å²) in [6.45, 7) is 5.74. The zero-order valence-electron chi connectivity index (χ0n) is 8.09. The highest BCUT2D eigenvalue weighted by Crippen LogP contribution is 2.14. The molecule has 0 saturated heterocycles. The van der Waals surface area contributed by atoms with Crippen LogP contribution in [-0.4, -0.2) is 18.6 Å². The Kier molecular flexibility index (Phi) is 6.39. The lowest BCUT2D eigenvalue weighted by Crippen LogP contribution is -2.46. The maximum absolute atomic E-state index is 11.0. The van der Waals surface area contributed by atoms with E-state index in [1.165, 1.54) is 7.11 Å². The van der Waals surface area contributed by atoms with E-state index in [1.54, 1.807) is 6.92 Å². The highest BCUT2D eigenvalue weighted by molar-refractivity contribution is 5.85. The second-order valence-electron chi connectivity index (χ2n) is 3.51. The minimum absolute atomic E-state index is 0.